The molecule has 0 saturated carbocycles. The third-order valence-electron chi connectivity index (χ3n) is 4.31. The number of ether oxygens (including phenoxy) is 2. The Hall–Kier alpha value is -3.23. The van der Waals surface area contributed by atoms with Gasteiger partial charge in [0.2, 0.25) is 0 Å². The minimum atomic E-state index is -1.52. The molecule has 0 aromatic heterocycles. The Morgan fingerprint density at radius 3 is 2.74 bits per heavy atom. The molecule has 3 aliphatic rings. The molecule has 1 spiro atoms. The summed E-state index contributed by atoms with van der Waals surface area (Å²) >= 11 is 0. The zero-order valence-electron chi connectivity index (χ0n) is 15.0. The van der Waals surface area contributed by atoms with Crippen molar-refractivity contribution < 1.29 is 29.0 Å². The average Bonchev–Trinajstić information content (AvgIpc) is 3.08. The second kappa shape index (κ2) is 7.18. The van der Waals surface area contributed by atoms with E-state index in [2.05, 4.69) is 9.98 Å². The van der Waals surface area contributed by atoms with Crippen LogP contribution in [0.15, 0.2) is 45.7 Å². The van der Waals surface area contributed by atoms with Gasteiger partial charge in [-0.2, -0.15) is 4.99 Å². The van der Waals surface area contributed by atoms with Crippen molar-refractivity contribution in [2.24, 2.45) is 9.98 Å². The number of amides is 1. The van der Waals surface area contributed by atoms with Crippen molar-refractivity contribution in [2.75, 3.05) is 19.8 Å². The molecule has 1 atom stereocenters. The lowest BCUT2D eigenvalue weighted by Crippen LogP contribution is -2.54. The second-order valence-corrected chi connectivity index (χ2v) is 5.89. The Labute approximate surface area is 155 Å². The van der Waals surface area contributed by atoms with E-state index in [4.69, 9.17) is 9.47 Å². The molecule has 27 heavy (non-hydrogen) atoms. The highest BCUT2D eigenvalue weighted by atomic mass is 16.5. The molecule has 0 bridgehead atoms. The van der Waals surface area contributed by atoms with Gasteiger partial charge in [-0.25, -0.2) is 4.79 Å². The van der Waals surface area contributed by atoms with Gasteiger partial charge in [-0.3, -0.25) is 14.6 Å². The number of allylic oxidation sites excluding steroid dienone is 2. The first-order chi connectivity index (χ1) is 13.0. The lowest BCUT2D eigenvalue weighted by molar-refractivity contribution is -0.141. The Morgan fingerprint density at radius 2 is 2.04 bits per heavy atom. The number of esters is 2. The maximum absolute atomic E-state index is 12.8. The van der Waals surface area contributed by atoms with Crippen LogP contribution >= 0.6 is 0 Å². The number of fused-ring (bicyclic) bond motifs is 2. The van der Waals surface area contributed by atoms with Crippen molar-refractivity contribution in [2.45, 2.75) is 25.8 Å². The molecule has 0 aromatic carbocycles. The van der Waals surface area contributed by atoms with Crippen LogP contribution in [-0.4, -0.2) is 64.7 Å². The van der Waals surface area contributed by atoms with Crippen LogP contribution < -0.4 is 0 Å². The van der Waals surface area contributed by atoms with Crippen molar-refractivity contribution in [1.29, 1.82) is 0 Å². The Morgan fingerprint density at radius 1 is 1.30 bits per heavy atom. The second-order valence-electron chi connectivity index (χ2n) is 5.89. The van der Waals surface area contributed by atoms with Crippen LogP contribution in [0.1, 0.15) is 20.3 Å². The van der Waals surface area contributed by atoms with E-state index in [-0.39, 0.29) is 36.7 Å². The summed E-state index contributed by atoms with van der Waals surface area (Å²) in [7, 11) is 0. The van der Waals surface area contributed by atoms with Gasteiger partial charge in [0.25, 0.3) is 5.91 Å². The van der Waals surface area contributed by atoms with Crippen LogP contribution in [0.25, 0.3) is 0 Å². The van der Waals surface area contributed by atoms with Crippen molar-refractivity contribution in [3.8, 4) is 0 Å². The summed E-state index contributed by atoms with van der Waals surface area (Å²) in [5.41, 5.74) is -1.78. The summed E-state index contributed by atoms with van der Waals surface area (Å²) in [6.45, 7) is 3.12. The number of amidine groups is 1. The van der Waals surface area contributed by atoms with Crippen molar-refractivity contribution in [3.63, 3.8) is 0 Å². The van der Waals surface area contributed by atoms with Gasteiger partial charge in [-0.15, -0.1) is 0 Å². The number of aliphatic hydroxyl groups is 1. The lowest BCUT2D eigenvalue weighted by atomic mass is 9.90. The quantitative estimate of drug-likeness (QED) is 0.709. The van der Waals surface area contributed by atoms with Crippen LogP contribution in [0.3, 0.4) is 0 Å². The summed E-state index contributed by atoms with van der Waals surface area (Å²) in [5.74, 6) is -1.97. The average molecular weight is 373 g/mol. The number of aliphatic imine (C=N–C) groups is 2. The molecule has 2 heterocycles. The van der Waals surface area contributed by atoms with Crippen LogP contribution in [0.2, 0.25) is 0 Å². The number of carbonyl (C=O) groups excluding carboxylic acids is 3. The van der Waals surface area contributed by atoms with E-state index in [1.165, 1.54) is 0 Å². The molecule has 0 saturated heterocycles. The maximum atomic E-state index is 12.8. The molecule has 1 amide bonds. The highest BCUT2D eigenvalue weighted by molar-refractivity contribution is 6.36. The maximum Gasteiger partial charge on any atom is 0.343 e. The van der Waals surface area contributed by atoms with E-state index in [1.807, 2.05) is 0 Å². The summed E-state index contributed by atoms with van der Waals surface area (Å²) < 4.78 is 9.86. The van der Waals surface area contributed by atoms with Crippen molar-refractivity contribution in [1.82, 2.24) is 4.90 Å². The molecule has 1 aliphatic carbocycles. The van der Waals surface area contributed by atoms with Crippen molar-refractivity contribution in [3.05, 3.63) is 35.8 Å². The highest BCUT2D eigenvalue weighted by Crippen LogP contribution is 2.42. The molecule has 1 N–H and O–H groups in total. The zero-order valence-corrected chi connectivity index (χ0v) is 15.0. The molecular formula is C18H19N3O6. The van der Waals surface area contributed by atoms with Gasteiger partial charge >= 0.3 is 11.9 Å². The first-order valence-electron chi connectivity index (χ1n) is 8.53. The number of hydrogen-bond donors (Lipinski definition) is 1. The minimum Gasteiger partial charge on any atom is -0.511 e. The standard InChI is InChI=1S/C18H19N3O6/c1-3-26-13(23)10-19-15-14(16(24)27-4-2)11(22)9-18(15)17(25)20-12-7-5-6-8-21(12)18/h5-8,22H,3-4,9-10H2,1-2H3. The fraction of sp³-hybridized carbons (Fsp3) is 0.389. The summed E-state index contributed by atoms with van der Waals surface area (Å²) in [6, 6.07) is 0. The van der Waals surface area contributed by atoms with Crippen LogP contribution in [0.4, 0.5) is 0 Å². The first kappa shape index (κ1) is 18.6. The number of rotatable bonds is 5. The molecule has 142 valence electrons. The molecule has 1 unspecified atom stereocenters. The summed E-state index contributed by atoms with van der Waals surface area (Å²) in [5, 5.41) is 10.5. The fourth-order valence-electron chi connectivity index (χ4n) is 3.26. The highest BCUT2D eigenvalue weighted by Gasteiger charge is 2.60. The predicted molar refractivity (Wildman–Crippen MR) is 95.1 cm³/mol. The van der Waals surface area contributed by atoms with E-state index < -0.39 is 29.9 Å². The van der Waals surface area contributed by atoms with E-state index >= 15 is 0 Å². The zero-order chi connectivity index (χ0) is 19.6. The summed E-state index contributed by atoms with van der Waals surface area (Å²) in [4.78, 5) is 46.8. The third-order valence-corrected chi connectivity index (χ3v) is 4.31. The van der Waals surface area contributed by atoms with E-state index in [9.17, 15) is 19.5 Å². The molecule has 9 heteroatoms. The molecule has 0 radical (unpaired) electrons. The monoisotopic (exact) mass is 373 g/mol. The fourth-order valence-corrected chi connectivity index (χ4v) is 3.26. The van der Waals surface area contributed by atoms with Crippen LogP contribution in [0.5, 0.6) is 0 Å². The number of aliphatic hydroxyl groups excluding tert-OH is 1. The first-order valence-corrected chi connectivity index (χ1v) is 8.53. The lowest BCUT2D eigenvalue weighted by Gasteiger charge is -2.33. The van der Waals surface area contributed by atoms with Crippen LogP contribution in [-0.2, 0) is 23.9 Å². The number of carbonyl (C=O) groups is 3. The van der Waals surface area contributed by atoms with Gasteiger partial charge in [0.15, 0.2) is 5.54 Å². The molecule has 0 aromatic rings. The Balaban J connectivity index is 2.07. The van der Waals surface area contributed by atoms with Crippen molar-refractivity contribution >= 4 is 29.4 Å². The third kappa shape index (κ3) is 2.94. The van der Waals surface area contributed by atoms with Gasteiger partial charge in [0.1, 0.15) is 23.7 Å². The largest absolute Gasteiger partial charge is 0.511 e. The predicted octanol–water partition coefficient (Wildman–Crippen LogP) is 0.832. The molecule has 3 rings (SSSR count). The van der Waals surface area contributed by atoms with E-state index in [0.29, 0.717) is 5.84 Å². The van der Waals surface area contributed by atoms with Gasteiger partial charge in [0, 0.05) is 12.6 Å². The van der Waals surface area contributed by atoms with Gasteiger partial charge < -0.3 is 19.5 Å². The van der Waals surface area contributed by atoms with Gasteiger partial charge in [0.05, 0.1) is 18.9 Å². The number of hydrogen-bond acceptors (Lipinski definition) is 8. The smallest absolute Gasteiger partial charge is 0.343 e. The normalized spacial score (nSPS) is 24.7. The minimum absolute atomic E-state index is 0.0461. The molecule has 2 aliphatic heterocycles. The van der Waals surface area contributed by atoms with Gasteiger partial charge in [-0.1, -0.05) is 6.08 Å². The van der Waals surface area contributed by atoms with E-state index in [0.717, 1.165) is 0 Å². The SMILES string of the molecule is CCOC(=O)CN=C1C(C(=O)OCC)=C(O)CC12C(=O)N=C1C=CC=CN12. The molecule has 9 nitrogen and oxygen atoms in total. The van der Waals surface area contributed by atoms with Crippen LogP contribution in [0, 0.1) is 0 Å². The topological polar surface area (TPSA) is 118 Å². The Bertz CT molecular complexity index is 851. The number of nitrogens with zero attached hydrogens (tertiary/aromatic N) is 3. The van der Waals surface area contributed by atoms with Gasteiger partial charge in [-0.05, 0) is 26.0 Å². The Kier molecular flexibility index (Phi) is 4.93. The van der Waals surface area contributed by atoms with E-state index in [1.54, 1.807) is 43.2 Å². The molecule has 0 fully saturated rings. The molecular weight excluding hydrogens is 354 g/mol. The summed E-state index contributed by atoms with van der Waals surface area (Å²) in [6.07, 6.45) is 6.46.